The second-order valence-electron chi connectivity index (χ2n) is 7.91. The number of anilines is 3. The lowest BCUT2D eigenvalue weighted by molar-refractivity contribution is -0.0967. The van der Waals surface area contributed by atoms with Crippen molar-refractivity contribution in [3.63, 3.8) is 0 Å². The zero-order valence-electron chi connectivity index (χ0n) is 18.4. The second-order valence-corrected chi connectivity index (χ2v) is 8.32. The number of nitrogens with one attached hydrogen (secondary N) is 4. The highest BCUT2D eigenvalue weighted by Crippen LogP contribution is 2.33. The van der Waals surface area contributed by atoms with E-state index in [-0.39, 0.29) is 22.5 Å². The molecule has 0 bridgehead atoms. The van der Waals surface area contributed by atoms with E-state index in [4.69, 9.17) is 17.4 Å². The number of hydrazine groups is 1. The van der Waals surface area contributed by atoms with Crippen molar-refractivity contribution in [1.29, 1.82) is 0 Å². The fourth-order valence-corrected chi connectivity index (χ4v) is 3.89. The summed E-state index contributed by atoms with van der Waals surface area (Å²) < 4.78 is 38.6. The van der Waals surface area contributed by atoms with Crippen LogP contribution in [0.5, 0.6) is 0 Å². The molecule has 11 heteroatoms. The molecular formula is C22H27ClF3N7. The molecule has 6 N–H and O–H groups in total. The summed E-state index contributed by atoms with van der Waals surface area (Å²) in [5.41, 5.74) is 4.74. The van der Waals surface area contributed by atoms with Crippen LogP contribution in [0.3, 0.4) is 0 Å². The number of alkyl halides is 3. The topological polar surface area (TPSA) is 99.9 Å². The van der Waals surface area contributed by atoms with Gasteiger partial charge in [-0.1, -0.05) is 24.2 Å². The van der Waals surface area contributed by atoms with Crippen LogP contribution in [0.25, 0.3) is 0 Å². The minimum Gasteiger partial charge on any atom is -0.339 e. The standard InChI is InChI=1S/C22H27ClF3N7/c1-12-9-18(13(2)8-16(12)15-4-6-28-7-5-15)31-21-29-11-17(23)20(32-21)30-14(3)10-19(33-27)22(24,25)26/h8-11,15,28,33H,3-7,27H2,1-2H3,(H2,29,30,31,32)/b19-10-. The van der Waals surface area contributed by atoms with E-state index in [0.717, 1.165) is 43.3 Å². The SMILES string of the molecule is C=C(/C=C(\NN)C(F)(F)F)Nc1nc(Nc2cc(C)c(C3CCNCC3)cc2C)ncc1Cl. The van der Waals surface area contributed by atoms with Gasteiger partial charge in [-0.2, -0.15) is 18.2 Å². The van der Waals surface area contributed by atoms with Crippen molar-refractivity contribution < 1.29 is 13.2 Å². The first-order chi connectivity index (χ1) is 15.6. The highest BCUT2D eigenvalue weighted by atomic mass is 35.5. The number of allylic oxidation sites excluding steroid dienone is 2. The van der Waals surface area contributed by atoms with Crippen molar-refractivity contribution in [1.82, 2.24) is 20.7 Å². The lowest BCUT2D eigenvalue weighted by Crippen LogP contribution is -2.31. The summed E-state index contributed by atoms with van der Waals surface area (Å²) in [7, 11) is 0. The minimum absolute atomic E-state index is 0.106. The summed E-state index contributed by atoms with van der Waals surface area (Å²) in [4.78, 5) is 8.47. The molecule has 178 valence electrons. The van der Waals surface area contributed by atoms with Gasteiger partial charge in [0.15, 0.2) is 5.82 Å². The van der Waals surface area contributed by atoms with E-state index in [1.807, 2.05) is 6.92 Å². The Hall–Kier alpha value is -2.82. The first-order valence-corrected chi connectivity index (χ1v) is 10.8. The maximum Gasteiger partial charge on any atom is 0.432 e. The number of aromatic nitrogens is 2. The molecule has 0 saturated carbocycles. The summed E-state index contributed by atoms with van der Waals surface area (Å²) in [6, 6.07) is 4.25. The fraction of sp³-hybridized carbons (Fsp3) is 0.364. The number of rotatable bonds is 7. The molecule has 1 aromatic carbocycles. The Morgan fingerprint density at radius 1 is 1.24 bits per heavy atom. The van der Waals surface area contributed by atoms with E-state index >= 15 is 0 Å². The number of aryl methyl sites for hydroxylation is 2. The van der Waals surface area contributed by atoms with Gasteiger partial charge in [0.1, 0.15) is 10.7 Å². The number of halogens is 4. The summed E-state index contributed by atoms with van der Waals surface area (Å²) >= 11 is 6.12. The van der Waals surface area contributed by atoms with Gasteiger partial charge in [0.2, 0.25) is 5.95 Å². The molecule has 1 aliphatic rings. The second kappa shape index (κ2) is 10.4. The quantitative estimate of drug-likeness (QED) is 0.220. The maximum atomic E-state index is 12.9. The van der Waals surface area contributed by atoms with Gasteiger partial charge in [-0.3, -0.25) is 5.84 Å². The van der Waals surface area contributed by atoms with Crippen molar-refractivity contribution in [2.45, 2.75) is 38.8 Å². The van der Waals surface area contributed by atoms with Gasteiger partial charge in [0.25, 0.3) is 0 Å². The Morgan fingerprint density at radius 2 is 1.94 bits per heavy atom. The van der Waals surface area contributed by atoms with Gasteiger partial charge in [-0.25, -0.2) is 4.98 Å². The van der Waals surface area contributed by atoms with E-state index in [1.54, 1.807) is 5.43 Å². The molecule has 0 atom stereocenters. The number of piperidine rings is 1. The van der Waals surface area contributed by atoms with E-state index in [2.05, 4.69) is 51.6 Å². The Bertz CT molecular complexity index is 1050. The third kappa shape index (κ3) is 6.37. The molecule has 0 amide bonds. The van der Waals surface area contributed by atoms with Crippen LogP contribution in [0.15, 0.2) is 42.4 Å². The zero-order valence-corrected chi connectivity index (χ0v) is 19.2. The molecule has 0 radical (unpaired) electrons. The van der Waals surface area contributed by atoms with Crippen LogP contribution in [0, 0.1) is 13.8 Å². The Morgan fingerprint density at radius 3 is 2.58 bits per heavy atom. The number of benzene rings is 1. The third-order valence-corrected chi connectivity index (χ3v) is 5.72. The Balaban J connectivity index is 1.79. The highest BCUT2D eigenvalue weighted by molar-refractivity contribution is 6.32. The number of hydrogen-bond acceptors (Lipinski definition) is 7. The molecule has 1 aliphatic heterocycles. The van der Waals surface area contributed by atoms with Crippen LogP contribution < -0.4 is 27.2 Å². The van der Waals surface area contributed by atoms with Crippen LogP contribution in [0.1, 0.15) is 35.4 Å². The van der Waals surface area contributed by atoms with Gasteiger partial charge >= 0.3 is 6.18 Å². The normalized spacial score (nSPS) is 15.3. The lowest BCUT2D eigenvalue weighted by atomic mass is 9.86. The summed E-state index contributed by atoms with van der Waals surface area (Å²) in [6.45, 7) is 9.68. The molecule has 2 heterocycles. The van der Waals surface area contributed by atoms with Crippen LogP contribution >= 0.6 is 11.6 Å². The molecule has 0 aliphatic carbocycles. The van der Waals surface area contributed by atoms with Crippen LogP contribution in [-0.2, 0) is 0 Å². The van der Waals surface area contributed by atoms with Crippen molar-refractivity contribution >= 4 is 29.1 Å². The highest BCUT2D eigenvalue weighted by Gasteiger charge is 2.33. The predicted octanol–water partition coefficient (Wildman–Crippen LogP) is 4.79. The van der Waals surface area contributed by atoms with Crippen molar-refractivity contribution in [2.24, 2.45) is 5.84 Å². The number of hydrogen-bond donors (Lipinski definition) is 5. The first-order valence-electron chi connectivity index (χ1n) is 10.4. The van der Waals surface area contributed by atoms with Gasteiger partial charge in [0, 0.05) is 11.4 Å². The van der Waals surface area contributed by atoms with Gasteiger partial charge in [-0.05, 0) is 74.5 Å². The van der Waals surface area contributed by atoms with Gasteiger partial charge < -0.3 is 21.4 Å². The van der Waals surface area contributed by atoms with Crippen LogP contribution in [0.4, 0.5) is 30.6 Å². The summed E-state index contributed by atoms with van der Waals surface area (Å²) in [5.74, 6) is 5.83. The zero-order chi connectivity index (χ0) is 24.2. The van der Waals surface area contributed by atoms with Crippen molar-refractivity contribution in [2.75, 3.05) is 23.7 Å². The summed E-state index contributed by atoms with van der Waals surface area (Å²) in [5, 5.41) is 9.34. The van der Waals surface area contributed by atoms with Gasteiger partial charge in [-0.15, -0.1) is 0 Å². The van der Waals surface area contributed by atoms with E-state index in [1.165, 1.54) is 17.3 Å². The minimum atomic E-state index is -4.66. The molecule has 7 nitrogen and oxygen atoms in total. The van der Waals surface area contributed by atoms with Crippen LogP contribution in [-0.4, -0.2) is 29.2 Å². The largest absolute Gasteiger partial charge is 0.432 e. The molecule has 1 aromatic heterocycles. The molecule has 1 saturated heterocycles. The number of nitrogens with zero attached hydrogens (tertiary/aromatic N) is 2. The average Bonchev–Trinajstić information content (AvgIpc) is 2.76. The monoisotopic (exact) mass is 481 g/mol. The molecule has 0 unspecified atom stereocenters. The lowest BCUT2D eigenvalue weighted by Gasteiger charge is -2.25. The molecular weight excluding hydrogens is 455 g/mol. The number of nitrogens with two attached hydrogens (primary N) is 1. The fourth-order valence-electron chi connectivity index (χ4n) is 3.75. The van der Waals surface area contributed by atoms with E-state index < -0.39 is 11.9 Å². The predicted molar refractivity (Wildman–Crippen MR) is 125 cm³/mol. The average molecular weight is 482 g/mol. The Kier molecular flexibility index (Phi) is 7.83. The van der Waals surface area contributed by atoms with Gasteiger partial charge in [0.05, 0.1) is 6.20 Å². The smallest absolute Gasteiger partial charge is 0.339 e. The van der Waals surface area contributed by atoms with E-state index in [0.29, 0.717) is 5.92 Å². The molecule has 1 fully saturated rings. The molecule has 0 spiro atoms. The Labute approximate surface area is 195 Å². The van der Waals surface area contributed by atoms with Crippen LogP contribution in [0.2, 0.25) is 5.02 Å². The molecule has 33 heavy (non-hydrogen) atoms. The summed E-state index contributed by atoms with van der Waals surface area (Å²) in [6.07, 6.45) is -0.365. The molecule has 3 rings (SSSR count). The third-order valence-electron chi connectivity index (χ3n) is 5.44. The maximum absolute atomic E-state index is 12.9. The van der Waals surface area contributed by atoms with Crippen molar-refractivity contribution in [3.05, 3.63) is 64.1 Å². The van der Waals surface area contributed by atoms with Crippen molar-refractivity contribution in [3.8, 4) is 0 Å². The molecule has 2 aromatic rings. The first kappa shape index (κ1) is 24.8. The van der Waals surface area contributed by atoms with E-state index in [9.17, 15) is 13.2 Å².